The second-order valence-electron chi connectivity index (χ2n) is 4.45. The molecule has 0 heterocycles. The quantitative estimate of drug-likeness (QED) is 0.669. The van der Waals surface area contributed by atoms with E-state index in [0.717, 1.165) is 12.8 Å². The zero-order valence-electron chi connectivity index (χ0n) is 9.31. The standard InChI is InChI=1S/C10H21NO2/c1-8(2)6-7-10(3,4)9(12)11-13-5/h8H,6-7H2,1-5H3,(H,11,12). The maximum atomic E-state index is 11.4. The zero-order valence-corrected chi connectivity index (χ0v) is 9.31. The van der Waals surface area contributed by atoms with Crippen molar-refractivity contribution in [1.82, 2.24) is 5.48 Å². The van der Waals surface area contributed by atoms with Gasteiger partial charge in [0.1, 0.15) is 0 Å². The highest BCUT2D eigenvalue weighted by atomic mass is 16.6. The Kier molecular flexibility index (Phi) is 4.99. The fourth-order valence-electron chi connectivity index (χ4n) is 0.994. The van der Waals surface area contributed by atoms with Gasteiger partial charge in [-0.05, 0) is 18.8 Å². The van der Waals surface area contributed by atoms with E-state index in [1.807, 2.05) is 13.8 Å². The normalized spacial score (nSPS) is 11.8. The van der Waals surface area contributed by atoms with Crippen molar-refractivity contribution >= 4 is 5.91 Å². The summed E-state index contributed by atoms with van der Waals surface area (Å²) in [5.74, 6) is 0.588. The molecule has 13 heavy (non-hydrogen) atoms. The van der Waals surface area contributed by atoms with Gasteiger partial charge in [-0.3, -0.25) is 9.63 Å². The Labute approximate surface area is 80.8 Å². The highest BCUT2D eigenvalue weighted by Crippen LogP contribution is 2.24. The molecular formula is C10H21NO2. The van der Waals surface area contributed by atoms with Gasteiger partial charge in [-0.1, -0.05) is 27.7 Å². The van der Waals surface area contributed by atoms with Crippen molar-refractivity contribution < 1.29 is 9.63 Å². The molecule has 0 unspecified atom stereocenters. The second kappa shape index (κ2) is 5.22. The zero-order chi connectivity index (χ0) is 10.5. The van der Waals surface area contributed by atoms with E-state index in [0.29, 0.717) is 5.92 Å². The van der Waals surface area contributed by atoms with Crippen LogP contribution in [0, 0.1) is 11.3 Å². The van der Waals surface area contributed by atoms with Gasteiger partial charge in [-0.2, -0.15) is 0 Å². The highest BCUT2D eigenvalue weighted by Gasteiger charge is 2.27. The minimum absolute atomic E-state index is 0.0457. The first-order valence-corrected chi connectivity index (χ1v) is 4.73. The molecule has 78 valence electrons. The van der Waals surface area contributed by atoms with Crippen molar-refractivity contribution in [3.05, 3.63) is 0 Å². The van der Waals surface area contributed by atoms with Gasteiger partial charge < -0.3 is 0 Å². The molecule has 0 aromatic rings. The lowest BCUT2D eigenvalue weighted by atomic mass is 9.85. The Morgan fingerprint density at radius 2 is 2.00 bits per heavy atom. The van der Waals surface area contributed by atoms with E-state index in [4.69, 9.17) is 0 Å². The fraction of sp³-hybridized carbons (Fsp3) is 0.900. The summed E-state index contributed by atoms with van der Waals surface area (Å²) in [7, 11) is 1.45. The van der Waals surface area contributed by atoms with Crippen LogP contribution in [0.25, 0.3) is 0 Å². The molecule has 0 atom stereocenters. The first-order valence-electron chi connectivity index (χ1n) is 4.73. The van der Waals surface area contributed by atoms with Crippen LogP contribution in [0.1, 0.15) is 40.5 Å². The number of carbonyl (C=O) groups excluding carboxylic acids is 1. The van der Waals surface area contributed by atoms with Gasteiger partial charge in [0.15, 0.2) is 0 Å². The summed E-state index contributed by atoms with van der Waals surface area (Å²) in [5.41, 5.74) is 2.04. The molecule has 0 radical (unpaired) electrons. The Bertz CT molecular complexity index is 164. The summed E-state index contributed by atoms with van der Waals surface area (Å²) >= 11 is 0. The Morgan fingerprint density at radius 3 is 2.38 bits per heavy atom. The third-order valence-electron chi connectivity index (χ3n) is 2.16. The van der Waals surface area contributed by atoms with Crippen LogP contribution < -0.4 is 5.48 Å². The third-order valence-corrected chi connectivity index (χ3v) is 2.16. The van der Waals surface area contributed by atoms with E-state index in [-0.39, 0.29) is 11.3 Å². The molecule has 3 heteroatoms. The van der Waals surface area contributed by atoms with Gasteiger partial charge in [0.05, 0.1) is 7.11 Å². The van der Waals surface area contributed by atoms with Crippen molar-refractivity contribution in [2.45, 2.75) is 40.5 Å². The van der Waals surface area contributed by atoms with Crippen LogP contribution in [-0.4, -0.2) is 13.0 Å². The molecule has 0 aliphatic rings. The molecule has 0 aromatic carbocycles. The van der Waals surface area contributed by atoms with Crippen LogP contribution in [0.2, 0.25) is 0 Å². The molecular weight excluding hydrogens is 166 g/mol. The average Bonchev–Trinajstić information content (AvgIpc) is 2.01. The first-order chi connectivity index (χ1) is 5.90. The molecule has 0 saturated carbocycles. The number of rotatable bonds is 5. The lowest BCUT2D eigenvalue weighted by Gasteiger charge is -2.23. The molecule has 0 aliphatic heterocycles. The summed E-state index contributed by atoms with van der Waals surface area (Å²) in [4.78, 5) is 16.0. The lowest BCUT2D eigenvalue weighted by molar-refractivity contribution is -0.140. The van der Waals surface area contributed by atoms with Crippen molar-refractivity contribution in [3.8, 4) is 0 Å². The summed E-state index contributed by atoms with van der Waals surface area (Å²) in [6.07, 6.45) is 1.95. The Hall–Kier alpha value is -0.570. The van der Waals surface area contributed by atoms with Gasteiger partial charge in [-0.25, -0.2) is 5.48 Å². The number of amides is 1. The molecule has 0 aromatic heterocycles. The molecule has 0 spiro atoms. The number of hydrogen-bond acceptors (Lipinski definition) is 2. The molecule has 3 nitrogen and oxygen atoms in total. The summed E-state index contributed by atoms with van der Waals surface area (Å²) in [6.45, 7) is 8.18. The topological polar surface area (TPSA) is 38.3 Å². The van der Waals surface area contributed by atoms with E-state index >= 15 is 0 Å². The van der Waals surface area contributed by atoms with Crippen LogP contribution in [0.15, 0.2) is 0 Å². The van der Waals surface area contributed by atoms with Gasteiger partial charge in [0.25, 0.3) is 0 Å². The maximum absolute atomic E-state index is 11.4. The summed E-state index contributed by atoms with van der Waals surface area (Å²) in [6, 6.07) is 0. The predicted octanol–water partition coefficient (Wildman–Crippen LogP) is 2.13. The number of hydrogen-bond donors (Lipinski definition) is 1. The van der Waals surface area contributed by atoms with Crippen LogP contribution in [0.3, 0.4) is 0 Å². The average molecular weight is 187 g/mol. The third kappa shape index (κ3) is 4.88. The van der Waals surface area contributed by atoms with E-state index in [1.54, 1.807) is 0 Å². The lowest BCUT2D eigenvalue weighted by Crippen LogP contribution is -2.36. The van der Waals surface area contributed by atoms with E-state index in [2.05, 4.69) is 24.2 Å². The summed E-state index contributed by atoms with van der Waals surface area (Å²) in [5, 5.41) is 0. The van der Waals surface area contributed by atoms with Crippen LogP contribution in [0.4, 0.5) is 0 Å². The largest absolute Gasteiger partial charge is 0.277 e. The monoisotopic (exact) mass is 187 g/mol. The number of nitrogens with one attached hydrogen (secondary N) is 1. The van der Waals surface area contributed by atoms with Crippen LogP contribution in [0.5, 0.6) is 0 Å². The van der Waals surface area contributed by atoms with E-state index in [9.17, 15) is 4.79 Å². The minimum Gasteiger partial charge on any atom is -0.277 e. The SMILES string of the molecule is CONC(=O)C(C)(C)CCC(C)C. The minimum atomic E-state index is -0.333. The molecule has 0 saturated heterocycles. The Morgan fingerprint density at radius 1 is 1.46 bits per heavy atom. The smallest absolute Gasteiger partial charge is 0.249 e. The predicted molar refractivity (Wildman–Crippen MR) is 53.0 cm³/mol. The van der Waals surface area contributed by atoms with Crippen molar-refractivity contribution in [1.29, 1.82) is 0 Å². The van der Waals surface area contributed by atoms with Crippen LogP contribution in [-0.2, 0) is 9.63 Å². The first kappa shape index (κ1) is 12.4. The van der Waals surface area contributed by atoms with Crippen molar-refractivity contribution in [2.75, 3.05) is 7.11 Å². The van der Waals surface area contributed by atoms with Crippen LogP contribution >= 0.6 is 0 Å². The second-order valence-corrected chi connectivity index (χ2v) is 4.45. The fourth-order valence-corrected chi connectivity index (χ4v) is 0.994. The molecule has 0 fully saturated rings. The van der Waals surface area contributed by atoms with Gasteiger partial charge in [0.2, 0.25) is 5.91 Å². The molecule has 0 aliphatic carbocycles. The molecule has 1 amide bonds. The van der Waals surface area contributed by atoms with Crippen molar-refractivity contribution in [3.63, 3.8) is 0 Å². The van der Waals surface area contributed by atoms with E-state index in [1.165, 1.54) is 7.11 Å². The van der Waals surface area contributed by atoms with Gasteiger partial charge in [-0.15, -0.1) is 0 Å². The van der Waals surface area contributed by atoms with Gasteiger partial charge >= 0.3 is 0 Å². The summed E-state index contributed by atoms with van der Waals surface area (Å²) < 4.78 is 0. The maximum Gasteiger partial charge on any atom is 0.249 e. The Balaban J connectivity index is 3.98. The van der Waals surface area contributed by atoms with Gasteiger partial charge in [0, 0.05) is 5.41 Å². The highest BCUT2D eigenvalue weighted by molar-refractivity contribution is 5.80. The number of carbonyl (C=O) groups is 1. The molecule has 0 rings (SSSR count). The van der Waals surface area contributed by atoms with Crippen molar-refractivity contribution in [2.24, 2.45) is 11.3 Å². The number of hydroxylamine groups is 1. The van der Waals surface area contributed by atoms with E-state index < -0.39 is 0 Å². The molecule has 0 bridgehead atoms. The molecule has 1 N–H and O–H groups in total.